The van der Waals surface area contributed by atoms with Crippen LogP contribution in [0.15, 0.2) is 52.1 Å². The maximum Gasteiger partial charge on any atom is 0.412 e. The fourth-order valence-corrected chi connectivity index (χ4v) is 2.59. The van der Waals surface area contributed by atoms with E-state index in [9.17, 15) is 9.90 Å². The number of hydrogen-bond donors (Lipinski definition) is 4. The molecule has 0 saturated carbocycles. The first kappa shape index (κ1) is 26.8. The molecule has 0 saturated heterocycles. The lowest BCUT2D eigenvalue weighted by atomic mass is 10.1. The Morgan fingerprint density at radius 2 is 1.90 bits per heavy atom. The lowest BCUT2D eigenvalue weighted by Gasteiger charge is -2.19. The van der Waals surface area contributed by atoms with Gasteiger partial charge in [0.2, 0.25) is 0 Å². The van der Waals surface area contributed by atoms with Crippen LogP contribution < -0.4 is 16.0 Å². The Bertz CT molecular complexity index is 802. The van der Waals surface area contributed by atoms with Gasteiger partial charge in [0.05, 0.1) is 12.8 Å². The van der Waals surface area contributed by atoms with E-state index in [-0.39, 0.29) is 30.5 Å². The molecule has 4 N–H and O–H groups in total. The number of ether oxygens (including phenoxy) is 1. The molecule has 172 valence electrons. The van der Waals surface area contributed by atoms with Crippen LogP contribution in [0.1, 0.15) is 45.1 Å². The third-order valence-corrected chi connectivity index (χ3v) is 3.94. The Labute approximate surface area is 200 Å². The smallest absolute Gasteiger partial charge is 0.412 e. The minimum atomic E-state index is -0.777. The van der Waals surface area contributed by atoms with Crippen molar-refractivity contribution >= 4 is 41.7 Å². The maximum atomic E-state index is 11.8. The number of carbonyl (C=O) groups is 1. The summed E-state index contributed by atoms with van der Waals surface area (Å²) in [5.41, 5.74) is 1.27. The molecule has 0 aliphatic heterocycles. The topological polar surface area (TPSA) is 108 Å². The van der Waals surface area contributed by atoms with E-state index in [0.717, 1.165) is 12.0 Å². The van der Waals surface area contributed by atoms with Gasteiger partial charge in [-0.3, -0.25) is 10.3 Å². The van der Waals surface area contributed by atoms with Gasteiger partial charge in [0.15, 0.2) is 5.96 Å². The highest BCUT2D eigenvalue weighted by molar-refractivity contribution is 14.0. The lowest BCUT2D eigenvalue weighted by Crippen LogP contribution is -2.38. The first-order valence-corrected chi connectivity index (χ1v) is 10.1. The van der Waals surface area contributed by atoms with Crippen LogP contribution in [-0.2, 0) is 11.2 Å². The molecule has 0 aliphatic rings. The number of rotatable bonds is 8. The Hall–Kier alpha value is -2.27. The van der Waals surface area contributed by atoms with E-state index in [1.807, 2.05) is 52.0 Å². The summed E-state index contributed by atoms with van der Waals surface area (Å²) in [7, 11) is 0. The molecule has 0 aliphatic carbocycles. The van der Waals surface area contributed by atoms with Crippen LogP contribution in [0.4, 0.5) is 10.5 Å². The third-order valence-electron chi connectivity index (χ3n) is 3.94. The first-order valence-electron chi connectivity index (χ1n) is 10.1. The number of amides is 1. The molecule has 1 aromatic carbocycles. The van der Waals surface area contributed by atoms with Gasteiger partial charge < -0.3 is 24.9 Å². The molecule has 2 aromatic rings. The summed E-state index contributed by atoms with van der Waals surface area (Å²) in [6.07, 6.45) is 1.05. The Morgan fingerprint density at radius 1 is 1.19 bits per heavy atom. The molecule has 9 heteroatoms. The van der Waals surface area contributed by atoms with Gasteiger partial charge in [-0.2, -0.15) is 0 Å². The van der Waals surface area contributed by atoms with Crippen LogP contribution in [0.2, 0.25) is 0 Å². The third kappa shape index (κ3) is 10.5. The summed E-state index contributed by atoms with van der Waals surface area (Å²) < 4.78 is 10.4. The Morgan fingerprint density at radius 3 is 2.48 bits per heavy atom. The standard InChI is InChI=1S/C22H32N4O4.HI/c1-5-23-20(25-15-18(27)19-7-6-14-29-19)24-13-12-16-8-10-17(11-9-16)26-21(28)30-22(2,3)4;/h6-11,14,18,27H,5,12-13,15H2,1-4H3,(H,26,28)(H2,23,24,25);1H. The number of carbonyl (C=O) groups excluding carboxylic acids is 1. The summed E-state index contributed by atoms with van der Waals surface area (Å²) in [5, 5.41) is 19.2. The quantitative estimate of drug-likeness (QED) is 0.227. The number of nitrogens with zero attached hydrogens (tertiary/aromatic N) is 1. The van der Waals surface area contributed by atoms with Gasteiger partial charge in [0.25, 0.3) is 0 Å². The number of aliphatic hydroxyl groups excluding tert-OH is 1. The van der Waals surface area contributed by atoms with Crippen molar-refractivity contribution in [2.75, 3.05) is 25.0 Å². The molecule has 31 heavy (non-hydrogen) atoms. The predicted molar refractivity (Wildman–Crippen MR) is 133 cm³/mol. The molecule has 0 radical (unpaired) electrons. The largest absolute Gasteiger partial charge is 0.467 e. The summed E-state index contributed by atoms with van der Waals surface area (Å²) in [6.45, 7) is 9.04. The molecule has 1 amide bonds. The number of aliphatic hydroxyl groups is 1. The molecule has 1 aromatic heterocycles. The average Bonchev–Trinajstić information content (AvgIpc) is 3.20. The molecular formula is C22H33IN4O4. The van der Waals surface area contributed by atoms with Crippen LogP contribution >= 0.6 is 24.0 Å². The normalized spacial score (nSPS) is 12.5. The van der Waals surface area contributed by atoms with Gasteiger partial charge in [0, 0.05) is 18.8 Å². The molecule has 0 bridgehead atoms. The number of nitrogens with one attached hydrogen (secondary N) is 3. The van der Waals surface area contributed by atoms with Crippen molar-refractivity contribution in [3.05, 3.63) is 54.0 Å². The number of aliphatic imine (C=N–C) groups is 1. The predicted octanol–water partition coefficient (Wildman–Crippen LogP) is 4.08. The van der Waals surface area contributed by atoms with Gasteiger partial charge in [-0.25, -0.2) is 4.79 Å². The van der Waals surface area contributed by atoms with E-state index in [1.165, 1.54) is 6.26 Å². The van der Waals surface area contributed by atoms with Crippen molar-refractivity contribution < 1.29 is 19.1 Å². The fraction of sp³-hybridized carbons (Fsp3) is 0.455. The molecule has 2 rings (SSSR count). The van der Waals surface area contributed by atoms with Crippen LogP contribution in [-0.4, -0.2) is 42.4 Å². The number of anilines is 1. The minimum absolute atomic E-state index is 0. The number of guanidine groups is 1. The van der Waals surface area contributed by atoms with Crippen LogP contribution in [0, 0.1) is 0 Å². The van der Waals surface area contributed by atoms with Crippen molar-refractivity contribution in [3.8, 4) is 0 Å². The van der Waals surface area contributed by atoms with Gasteiger partial charge in [-0.1, -0.05) is 12.1 Å². The SMILES string of the molecule is CCNC(=NCC(O)c1ccco1)NCCc1ccc(NC(=O)OC(C)(C)C)cc1.I. The highest BCUT2D eigenvalue weighted by Crippen LogP contribution is 2.14. The number of hydrogen-bond acceptors (Lipinski definition) is 5. The zero-order valence-electron chi connectivity index (χ0n) is 18.5. The summed E-state index contributed by atoms with van der Waals surface area (Å²) >= 11 is 0. The number of benzene rings is 1. The van der Waals surface area contributed by atoms with Crippen LogP contribution in [0.3, 0.4) is 0 Å². The van der Waals surface area contributed by atoms with Crippen molar-refractivity contribution in [1.82, 2.24) is 10.6 Å². The number of halogens is 1. The second kappa shape index (κ2) is 13.2. The van der Waals surface area contributed by atoms with Gasteiger partial charge >= 0.3 is 6.09 Å². The molecule has 0 fully saturated rings. The molecule has 1 unspecified atom stereocenters. The van der Waals surface area contributed by atoms with Crippen molar-refractivity contribution in [1.29, 1.82) is 0 Å². The molecule has 8 nitrogen and oxygen atoms in total. The molecule has 0 spiro atoms. The van der Waals surface area contributed by atoms with E-state index in [0.29, 0.717) is 30.5 Å². The summed E-state index contributed by atoms with van der Waals surface area (Å²) in [4.78, 5) is 16.2. The number of furan rings is 1. The zero-order chi connectivity index (χ0) is 22.0. The van der Waals surface area contributed by atoms with Crippen molar-refractivity contribution in [3.63, 3.8) is 0 Å². The minimum Gasteiger partial charge on any atom is -0.467 e. The van der Waals surface area contributed by atoms with E-state index >= 15 is 0 Å². The van der Waals surface area contributed by atoms with Crippen LogP contribution in [0.25, 0.3) is 0 Å². The summed E-state index contributed by atoms with van der Waals surface area (Å²) in [5.74, 6) is 1.13. The van der Waals surface area contributed by atoms with Crippen molar-refractivity contribution in [2.24, 2.45) is 4.99 Å². The second-order valence-electron chi connectivity index (χ2n) is 7.75. The first-order chi connectivity index (χ1) is 14.3. The maximum absolute atomic E-state index is 11.8. The molecule has 1 atom stereocenters. The average molecular weight is 544 g/mol. The fourth-order valence-electron chi connectivity index (χ4n) is 2.59. The second-order valence-corrected chi connectivity index (χ2v) is 7.75. The van der Waals surface area contributed by atoms with E-state index < -0.39 is 17.8 Å². The van der Waals surface area contributed by atoms with E-state index in [4.69, 9.17) is 9.15 Å². The Balaban J connectivity index is 0.00000480. The lowest BCUT2D eigenvalue weighted by molar-refractivity contribution is 0.0636. The monoisotopic (exact) mass is 544 g/mol. The van der Waals surface area contributed by atoms with E-state index in [1.54, 1.807) is 12.1 Å². The molecular weight excluding hydrogens is 511 g/mol. The van der Waals surface area contributed by atoms with Crippen LogP contribution in [0.5, 0.6) is 0 Å². The van der Waals surface area contributed by atoms with Gasteiger partial charge in [-0.05, 0) is 63.9 Å². The van der Waals surface area contributed by atoms with Gasteiger partial charge in [0.1, 0.15) is 17.5 Å². The summed E-state index contributed by atoms with van der Waals surface area (Å²) in [6, 6.07) is 11.1. The van der Waals surface area contributed by atoms with Crippen molar-refractivity contribution in [2.45, 2.75) is 45.8 Å². The molecule has 1 heterocycles. The van der Waals surface area contributed by atoms with E-state index in [2.05, 4.69) is 20.9 Å². The highest BCUT2D eigenvalue weighted by Gasteiger charge is 2.16. The highest BCUT2D eigenvalue weighted by atomic mass is 127. The van der Waals surface area contributed by atoms with Gasteiger partial charge in [-0.15, -0.1) is 24.0 Å². The Kier molecular flexibility index (Phi) is 11.4. The zero-order valence-corrected chi connectivity index (χ0v) is 20.8.